The molecule has 19 heavy (non-hydrogen) atoms. The van der Waals surface area contributed by atoms with Gasteiger partial charge >= 0.3 is 0 Å². The first-order valence-corrected chi connectivity index (χ1v) is 7.54. The van der Waals surface area contributed by atoms with Crippen LogP contribution >= 0.6 is 15.9 Å². The quantitative estimate of drug-likeness (QED) is 0.835. The SMILES string of the molecule is COCCN(c1ccc(CC(C)N)cc1Br)C(C)C. The number of nitrogens with zero attached hydrogens (tertiary/aromatic N) is 1. The Hall–Kier alpha value is -0.580. The lowest BCUT2D eigenvalue weighted by molar-refractivity contribution is 0.204. The van der Waals surface area contributed by atoms with Gasteiger partial charge in [-0.1, -0.05) is 6.07 Å². The number of ether oxygens (including phenoxy) is 1. The van der Waals surface area contributed by atoms with Crippen LogP contribution in [0, 0.1) is 0 Å². The summed E-state index contributed by atoms with van der Waals surface area (Å²) in [6.07, 6.45) is 0.901. The highest BCUT2D eigenvalue weighted by Crippen LogP contribution is 2.29. The average Bonchev–Trinajstić information content (AvgIpc) is 2.30. The molecule has 0 aliphatic carbocycles. The van der Waals surface area contributed by atoms with Gasteiger partial charge in [-0.25, -0.2) is 0 Å². The maximum absolute atomic E-state index is 5.84. The molecular weight excluding hydrogens is 304 g/mol. The Balaban J connectivity index is 2.91. The number of methoxy groups -OCH3 is 1. The maximum Gasteiger partial charge on any atom is 0.0637 e. The zero-order chi connectivity index (χ0) is 14.4. The lowest BCUT2D eigenvalue weighted by Crippen LogP contribution is -2.34. The molecule has 1 aromatic rings. The second-order valence-corrected chi connectivity index (χ2v) is 6.10. The van der Waals surface area contributed by atoms with Crippen LogP contribution in [0.5, 0.6) is 0 Å². The molecule has 0 spiro atoms. The van der Waals surface area contributed by atoms with Gasteiger partial charge in [-0.2, -0.15) is 0 Å². The van der Waals surface area contributed by atoms with Crippen molar-refractivity contribution in [3.8, 4) is 0 Å². The van der Waals surface area contributed by atoms with E-state index in [-0.39, 0.29) is 6.04 Å². The van der Waals surface area contributed by atoms with Crippen LogP contribution in [-0.2, 0) is 11.2 Å². The first-order chi connectivity index (χ1) is 8.95. The van der Waals surface area contributed by atoms with Crippen LogP contribution in [0.4, 0.5) is 5.69 Å². The Labute approximate surface area is 125 Å². The first-order valence-electron chi connectivity index (χ1n) is 6.75. The molecule has 4 heteroatoms. The number of hydrogen-bond donors (Lipinski definition) is 1. The molecule has 0 heterocycles. The molecule has 0 aliphatic rings. The number of hydrogen-bond acceptors (Lipinski definition) is 3. The summed E-state index contributed by atoms with van der Waals surface area (Å²) in [5.74, 6) is 0. The lowest BCUT2D eigenvalue weighted by atomic mass is 10.1. The molecule has 0 aromatic heterocycles. The third kappa shape index (κ3) is 5.13. The molecule has 0 aliphatic heterocycles. The van der Waals surface area contributed by atoms with E-state index in [0.717, 1.165) is 24.0 Å². The fraction of sp³-hybridized carbons (Fsp3) is 0.600. The Kier molecular flexibility index (Phi) is 6.83. The van der Waals surface area contributed by atoms with Gasteiger partial charge in [0.15, 0.2) is 0 Å². The van der Waals surface area contributed by atoms with Gasteiger partial charge in [0.2, 0.25) is 0 Å². The van der Waals surface area contributed by atoms with Crippen LogP contribution in [-0.4, -0.2) is 32.3 Å². The summed E-state index contributed by atoms with van der Waals surface area (Å²) < 4.78 is 6.31. The van der Waals surface area contributed by atoms with Crippen molar-refractivity contribution in [1.82, 2.24) is 0 Å². The molecule has 1 atom stereocenters. The molecule has 0 amide bonds. The second kappa shape index (κ2) is 7.88. The number of rotatable bonds is 7. The summed E-state index contributed by atoms with van der Waals surface area (Å²) in [6.45, 7) is 8.03. The Morgan fingerprint density at radius 1 is 1.32 bits per heavy atom. The van der Waals surface area contributed by atoms with Gasteiger partial charge in [0.1, 0.15) is 0 Å². The maximum atomic E-state index is 5.84. The fourth-order valence-electron chi connectivity index (χ4n) is 2.13. The zero-order valence-corrected chi connectivity index (χ0v) is 13.9. The molecule has 0 fully saturated rings. The van der Waals surface area contributed by atoms with E-state index in [4.69, 9.17) is 10.5 Å². The van der Waals surface area contributed by atoms with Crippen LogP contribution in [0.25, 0.3) is 0 Å². The molecule has 1 aromatic carbocycles. The van der Waals surface area contributed by atoms with E-state index in [1.54, 1.807) is 7.11 Å². The summed E-state index contributed by atoms with van der Waals surface area (Å²) in [4.78, 5) is 2.34. The topological polar surface area (TPSA) is 38.5 Å². The molecule has 0 bridgehead atoms. The van der Waals surface area contributed by atoms with Crippen LogP contribution in [0.1, 0.15) is 26.3 Å². The minimum atomic E-state index is 0.187. The molecule has 1 rings (SSSR count). The third-order valence-corrected chi connectivity index (χ3v) is 3.67. The van der Waals surface area contributed by atoms with Gasteiger partial charge in [0.05, 0.1) is 12.3 Å². The summed E-state index contributed by atoms with van der Waals surface area (Å²) >= 11 is 3.67. The highest BCUT2D eigenvalue weighted by atomic mass is 79.9. The van der Waals surface area contributed by atoms with Crippen molar-refractivity contribution in [2.24, 2.45) is 5.73 Å². The molecule has 0 saturated carbocycles. The standard InChI is InChI=1S/C15H25BrN2O/c1-11(2)18(7-8-19-4)15-6-5-13(9-12(3)17)10-14(15)16/h5-6,10-12H,7-9,17H2,1-4H3. The molecule has 2 N–H and O–H groups in total. The number of halogens is 1. The van der Waals surface area contributed by atoms with Gasteiger partial charge < -0.3 is 15.4 Å². The van der Waals surface area contributed by atoms with Crippen molar-refractivity contribution < 1.29 is 4.74 Å². The Bertz CT molecular complexity index is 394. The number of anilines is 1. The van der Waals surface area contributed by atoms with Crippen LogP contribution in [0.15, 0.2) is 22.7 Å². The van der Waals surface area contributed by atoms with E-state index in [1.807, 2.05) is 6.92 Å². The van der Waals surface area contributed by atoms with Crippen molar-refractivity contribution >= 4 is 21.6 Å². The number of benzene rings is 1. The summed E-state index contributed by atoms with van der Waals surface area (Å²) in [5, 5.41) is 0. The Morgan fingerprint density at radius 2 is 2.00 bits per heavy atom. The van der Waals surface area contributed by atoms with Gasteiger partial charge in [-0.05, 0) is 60.8 Å². The van der Waals surface area contributed by atoms with Crippen LogP contribution in [0.2, 0.25) is 0 Å². The minimum absolute atomic E-state index is 0.187. The van der Waals surface area contributed by atoms with Crippen molar-refractivity contribution in [1.29, 1.82) is 0 Å². The van der Waals surface area contributed by atoms with E-state index < -0.39 is 0 Å². The largest absolute Gasteiger partial charge is 0.383 e. The first kappa shape index (κ1) is 16.5. The minimum Gasteiger partial charge on any atom is -0.383 e. The summed E-state index contributed by atoms with van der Waals surface area (Å²) in [7, 11) is 1.74. The Morgan fingerprint density at radius 3 is 2.47 bits per heavy atom. The van der Waals surface area contributed by atoms with Crippen molar-refractivity contribution in [3.05, 3.63) is 28.2 Å². The zero-order valence-electron chi connectivity index (χ0n) is 12.3. The van der Waals surface area contributed by atoms with E-state index in [1.165, 1.54) is 11.3 Å². The van der Waals surface area contributed by atoms with Gasteiger partial charge in [-0.3, -0.25) is 0 Å². The summed E-state index contributed by atoms with van der Waals surface area (Å²) in [5.41, 5.74) is 8.32. The van der Waals surface area contributed by atoms with Gasteiger partial charge in [0, 0.05) is 30.2 Å². The van der Waals surface area contributed by atoms with E-state index in [9.17, 15) is 0 Å². The molecule has 1 unspecified atom stereocenters. The fourth-order valence-corrected chi connectivity index (χ4v) is 2.78. The normalized spacial score (nSPS) is 12.8. The molecule has 0 saturated heterocycles. The van der Waals surface area contributed by atoms with Crippen LogP contribution in [0.3, 0.4) is 0 Å². The highest BCUT2D eigenvalue weighted by Gasteiger charge is 2.14. The monoisotopic (exact) mass is 328 g/mol. The number of nitrogens with two attached hydrogens (primary N) is 1. The second-order valence-electron chi connectivity index (χ2n) is 5.25. The van der Waals surface area contributed by atoms with Gasteiger partial charge in [0.25, 0.3) is 0 Å². The smallest absolute Gasteiger partial charge is 0.0637 e. The lowest BCUT2D eigenvalue weighted by Gasteiger charge is -2.30. The van der Waals surface area contributed by atoms with Crippen molar-refractivity contribution in [2.45, 2.75) is 39.3 Å². The van der Waals surface area contributed by atoms with Crippen molar-refractivity contribution in [2.75, 3.05) is 25.2 Å². The van der Waals surface area contributed by atoms with E-state index in [2.05, 4.69) is 52.9 Å². The highest BCUT2D eigenvalue weighted by molar-refractivity contribution is 9.10. The molecule has 0 radical (unpaired) electrons. The molecule has 108 valence electrons. The summed E-state index contributed by atoms with van der Waals surface area (Å²) in [6, 6.07) is 7.11. The molecule has 3 nitrogen and oxygen atoms in total. The van der Waals surface area contributed by atoms with Gasteiger partial charge in [-0.15, -0.1) is 0 Å². The average molecular weight is 329 g/mol. The van der Waals surface area contributed by atoms with E-state index >= 15 is 0 Å². The predicted molar refractivity (Wildman–Crippen MR) is 85.9 cm³/mol. The van der Waals surface area contributed by atoms with E-state index in [0.29, 0.717) is 6.04 Å². The third-order valence-electron chi connectivity index (χ3n) is 3.04. The van der Waals surface area contributed by atoms with Crippen LogP contribution < -0.4 is 10.6 Å². The van der Waals surface area contributed by atoms with Crippen molar-refractivity contribution in [3.63, 3.8) is 0 Å². The molecular formula is C15H25BrN2O. The predicted octanol–water partition coefficient (Wildman–Crippen LogP) is 3.20.